The van der Waals surface area contributed by atoms with Gasteiger partial charge < -0.3 is 5.73 Å². The van der Waals surface area contributed by atoms with Crippen LogP contribution in [0.3, 0.4) is 0 Å². The van der Waals surface area contributed by atoms with Crippen molar-refractivity contribution in [3.8, 4) is 0 Å². The van der Waals surface area contributed by atoms with Crippen molar-refractivity contribution in [1.82, 2.24) is 4.98 Å². The summed E-state index contributed by atoms with van der Waals surface area (Å²) in [5, 5.41) is 1.03. The van der Waals surface area contributed by atoms with Crippen LogP contribution < -0.4 is 5.73 Å². The van der Waals surface area contributed by atoms with E-state index < -0.39 is 5.91 Å². The topological polar surface area (TPSA) is 56.0 Å². The highest BCUT2D eigenvalue weighted by Gasteiger charge is 2.02. The maximum Gasteiger partial charge on any atom is 0.227 e. The van der Waals surface area contributed by atoms with Gasteiger partial charge in [0.05, 0.1) is 17.6 Å². The van der Waals surface area contributed by atoms with Crippen molar-refractivity contribution < 1.29 is 4.79 Å². The average molecular weight is 264 g/mol. The van der Waals surface area contributed by atoms with Gasteiger partial charge in [0.15, 0.2) is 0 Å². The molecule has 75 valence electrons. The third-order valence-electron chi connectivity index (χ3n) is 1.97. The van der Waals surface area contributed by atoms with Gasteiger partial charge in [0.2, 0.25) is 5.91 Å². The number of hydrogen-bond acceptors (Lipinski definition) is 2. The molecule has 1 aromatic carbocycles. The molecule has 0 aliphatic carbocycles. The molecule has 1 aromatic heterocycles. The van der Waals surface area contributed by atoms with Crippen molar-refractivity contribution in [2.75, 3.05) is 0 Å². The van der Waals surface area contributed by atoms with E-state index in [1.807, 2.05) is 24.3 Å². The molecule has 3 nitrogen and oxygen atoms in total. The second kappa shape index (κ2) is 3.98. The lowest BCUT2D eigenvalue weighted by atomic mass is 10.2. The van der Waals surface area contributed by atoms with Crippen LogP contribution in [0.25, 0.3) is 10.9 Å². The molecule has 0 spiro atoms. The first kappa shape index (κ1) is 10.1. The molecule has 1 heterocycles. The third kappa shape index (κ3) is 2.33. The number of primary amides is 1. The summed E-state index contributed by atoms with van der Waals surface area (Å²) in [7, 11) is 0. The molecule has 0 aliphatic heterocycles. The van der Waals surface area contributed by atoms with Crippen molar-refractivity contribution in [3.05, 3.63) is 46.9 Å². The molecule has 1 radical (unpaired) electrons. The largest absolute Gasteiger partial charge is 0.369 e. The molecule has 0 fully saturated rings. The fourth-order valence-electron chi connectivity index (χ4n) is 1.33. The van der Waals surface area contributed by atoms with E-state index in [0.29, 0.717) is 5.69 Å². The van der Waals surface area contributed by atoms with Gasteiger partial charge >= 0.3 is 0 Å². The van der Waals surface area contributed by atoms with Crippen LogP contribution in [0.4, 0.5) is 0 Å². The Morgan fingerprint density at radius 3 is 2.80 bits per heavy atom. The summed E-state index contributed by atoms with van der Waals surface area (Å²) in [6.07, 6.45) is 1.31. The smallest absolute Gasteiger partial charge is 0.227 e. The Bertz CT molecular complexity index is 525. The van der Waals surface area contributed by atoms with Crippen molar-refractivity contribution >= 4 is 32.7 Å². The number of nitrogens with zero attached hydrogens (tertiary/aromatic N) is 1. The predicted molar refractivity (Wildman–Crippen MR) is 62.0 cm³/mol. The molecule has 0 saturated heterocycles. The van der Waals surface area contributed by atoms with Crippen molar-refractivity contribution in [1.29, 1.82) is 0 Å². The third-order valence-corrected chi connectivity index (χ3v) is 2.46. The fraction of sp³-hybridized carbons (Fsp3) is 0. The van der Waals surface area contributed by atoms with Crippen LogP contribution in [0.15, 0.2) is 34.8 Å². The number of pyridine rings is 1. The molecule has 2 aromatic rings. The van der Waals surface area contributed by atoms with E-state index in [2.05, 4.69) is 20.9 Å². The number of carbonyl (C=O) groups is 1. The number of aromatic nitrogens is 1. The van der Waals surface area contributed by atoms with E-state index in [-0.39, 0.29) is 0 Å². The molecule has 15 heavy (non-hydrogen) atoms. The Morgan fingerprint density at radius 1 is 1.33 bits per heavy atom. The molecule has 2 rings (SSSR count). The van der Waals surface area contributed by atoms with Gasteiger partial charge in [0.1, 0.15) is 0 Å². The molecular weight excluding hydrogens is 256 g/mol. The van der Waals surface area contributed by atoms with Gasteiger partial charge in [-0.05, 0) is 18.2 Å². The standard InChI is InChI=1S/C11H8BrN2O/c12-8-3-1-7-2-4-9(6-11(13)15)14-10(7)5-8/h1-6H,(H2,13,15). The van der Waals surface area contributed by atoms with E-state index in [1.54, 1.807) is 6.07 Å². The molecular formula is C11H8BrN2O. The lowest BCUT2D eigenvalue weighted by Crippen LogP contribution is -2.12. The van der Waals surface area contributed by atoms with E-state index in [1.165, 1.54) is 6.42 Å². The van der Waals surface area contributed by atoms with Gasteiger partial charge in [-0.2, -0.15) is 0 Å². The molecule has 2 N–H and O–H groups in total. The average Bonchev–Trinajstić information content (AvgIpc) is 2.16. The molecule has 4 heteroatoms. The van der Waals surface area contributed by atoms with Gasteiger partial charge in [-0.1, -0.05) is 28.1 Å². The van der Waals surface area contributed by atoms with Crippen LogP contribution in [-0.4, -0.2) is 10.9 Å². The normalized spacial score (nSPS) is 10.5. The molecule has 0 bridgehead atoms. The second-order valence-corrected chi connectivity index (χ2v) is 4.04. The zero-order valence-corrected chi connectivity index (χ0v) is 9.36. The Kier molecular flexibility index (Phi) is 2.68. The van der Waals surface area contributed by atoms with E-state index in [4.69, 9.17) is 5.73 Å². The first-order chi connectivity index (χ1) is 7.15. The molecule has 0 atom stereocenters. The zero-order chi connectivity index (χ0) is 10.8. The fourth-order valence-corrected chi connectivity index (χ4v) is 1.68. The summed E-state index contributed by atoms with van der Waals surface area (Å²) < 4.78 is 0.957. The first-order valence-corrected chi connectivity index (χ1v) is 5.15. The molecule has 0 saturated carbocycles. The van der Waals surface area contributed by atoms with E-state index in [9.17, 15) is 4.79 Å². The highest BCUT2D eigenvalue weighted by Crippen LogP contribution is 2.18. The van der Waals surface area contributed by atoms with Crippen LogP contribution >= 0.6 is 15.9 Å². The zero-order valence-electron chi connectivity index (χ0n) is 7.77. The van der Waals surface area contributed by atoms with Crippen LogP contribution in [-0.2, 0) is 4.79 Å². The number of halogens is 1. The minimum Gasteiger partial charge on any atom is -0.369 e. The Balaban J connectivity index is 2.49. The SMILES string of the molecule is NC(=O)[CH]c1ccc2ccc(Br)cc2n1. The molecule has 1 amide bonds. The summed E-state index contributed by atoms with van der Waals surface area (Å²) in [5.41, 5.74) is 6.46. The van der Waals surface area contributed by atoms with E-state index >= 15 is 0 Å². The summed E-state index contributed by atoms with van der Waals surface area (Å²) in [6.45, 7) is 0. The van der Waals surface area contributed by atoms with Crippen molar-refractivity contribution in [3.63, 3.8) is 0 Å². The lowest BCUT2D eigenvalue weighted by molar-refractivity contribution is -0.114. The van der Waals surface area contributed by atoms with Crippen molar-refractivity contribution in [2.24, 2.45) is 5.73 Å². The van der Waals surface area contributed by atoms with Crippen LogP contribution in [0, 0.1) is 6.42 Å². The van der Waals surface area contributed by atoms with Gasteiger partial charge in [-0.25, -0.2) is 0 Å². The van der Waals surface area contributed by atoms with Crippen LogP contribution in [0.5, 0.6) is 0 Å². The Labute approximate surface area is 95.4 Å². The van der Waals surface area contributed by atoms with E-state index in [0.717, 1.165) is 15.4 Å². The van der Waals surface area contributed by atoms with Crippen LogP contribution in [0.1, 0.15) is 5.69 Å². The number of carbonyl (C=O) groups excluding carboxylic acids is 1. The minimum absolute atomic E-state index is 0.489. The molecule has 0 aliphatic rings. The lowest BCUT2D eigenvalue weighted by Gasteiger charge is -2.01. The first-order valence-electron chi connectivity index (χ1n) is 4.36. The quantitative estimate of drug-likeness (QED) is 0.902. The van der Waals surface area contributed by atoms with Gasteiger partial charge in [-0.3, -0.25) is 9.78 Å². The summed E-state index contributed by atoms with van der Waals surface area (Å²) in [5.74, 6) is -0.489. The highest BCUT2D eigenvalue weighted by atomic mass is 79.9. The van der Waals surface area contributed by atoms with Gasteiger partial charge in [-0.15, -0.1) is 0 Å². The maximum absolute atomic E-state index is 10.7. The summed E-state index contributed by atoms with van der Waals surface area (Å²) in [6, 6.07) is 9.47. The summed E-state index contributed by atoms with van der Waals surface area (Å²) in [4.78, 5) is 15.0. The minimum atomic E-state index is -0.489. The number of rotatable bonds is 2. The Hall–Kier alpha value is -1.42. The summed E-state index contributed by atoms with van der Waals surface area (Å²) >= 11 is 3.37. The Morgan fingerprint density at radius 2 is 2.07 bits per heavy atom. The highest BCUT2D eigenvalue weighted by molar-refractivity contribution is 9.10. The number of fused-ring (bicyclic) bond motifs is 1. The monoisotopic (exact) mass is 263 g/mol. The number of hydrogen-bond donors (Lipinski definition) is 1. The van der Waals surface area contributed by atoms with Gasteiger partial charge in [0.25, 0.3) is 0 Å². The number of benzene rings is 1. The van der Waals surface area contributed by atoms with Crippen molar-refractivity contribution in [2.45, 2.75) is 0 Å². The second-order valence-electron chi connectivity index (χ2n) is 3.12. The van der Waals surface area contributed by atoms with Gasteiger partial charge in [0, 0.05) is 9.86 Å². The number of amides is 1. The van der Waals surface area contributed by atoms with Crippen LogP contribution in [0.2, 0.25) is 0 Å². The predicted octanol–water partition coefficient (Wildman–Crippen LogP) is 2.03. The molecule has 0 unspecified atom stereocenters. The maximum atomic E-state index is 10.7. The number of nitrogens with two attached hydrogens (primary N) is 1.